The van der Waals surface area contributed by atoms with Crippen molar-refractivity contribution in [3.8, 4) is 0 Å². The van der Waals surface area contributed by atoms with E-state index in [-0.39, 0.29) is 14.9 Å². The van der Waals surface area contributed by atoms with Gasteiger partial charge in [-0.3, -0.25) is 0 Å². The summed E-state index contributed by atoms with van der Waals surface area (Å²) in [5, 5.41) is 4.36. The fourth-order valence-corrected chi connectivity index (χ4v) is 3.79. The molecule has 3 aromatic rings. The number of rotatable bonds is 6. The normalized spacial score (nSPS) is 10.8. The molecule has 0 aliphatic heterocycles. The summed E-state index contributed by atoms with van der Waals surface area (Å²) in [4.78, 5) is 0. The highest BCUT2D eigenvalue weighted by Gasteiger charge is 2.07. The molecular formula is C31H50S. The van der Waals surface area contributed by atoms with Crippen LogP contribution in [0.3, 0.4) is 0 Å². The third-order valence-electron chi connectivity index (χ3n) is 5.04. The topological polar surface area (TPSA) is 0 Å². The molecule has 32 heavy (non-hydrogen) atoms. The maximum Gasteiger partial charge on any atom is -0.00612 e. The molecule has 0 fully saturated rings. The van der Waals surface area contributed by atoms with E-state index in [2.05, 4.69) is 126 Å². The average molecular weight is 455 g/mol. The van der Waals surface area contributed by atoms with Gasteiger partial charge < -0.3 is 0 Å². The summed E-state index contributed by atoms with van der Waals surface area (Å²) in [6, 6.07) is 23.5. The minimum absolute atomic E-state index is 0. The van der Waals surface area contributed by atoms with Gasteiger partial charge in [0.2, 0.25) is 0 Å². The number of hydrogen-bond donors (Lipinski definition) is 0. The minimum atomic E-state index is 0. The number of hydrogen-bond acceptors (Lipinski definition) is 1. The molecule has 1 aromatic heterocycles. The van der Waals surface area contributed by atoms with E-state index in [4.69, 9.17) is 0 Å². The number of thiophene rings is 1. The van der Waals surface area contributed by atoms with E-state index in [1.807, 2.05) is 0 Å². The molecule has 0 bridgehead atoms. The van der Waals surface area contributed by atoms with Crippen LogP contribution in [0.25, 0.3) is 0 Å². The summed E-state index contributed by atoms with van der Waals surface area (Å²) in [5.41, 5.74) is 4.37. The molecule has 0 aliphatic rings. The molecule has 1 heteroatoms. The number of benzene rings is 2. The van der Waals surface area contributed by atoms with Gasteiger partial charge in [0, 0.05) is 0 Å². The molecule has 0 amide bonds. The van der Waals surface area contributed by atoms with Crippen LogP contribution in [0.4, 0.5) is 0 Å². The first-order valence-corrected chi connectivity index (χ1v) is 12.3. The Hall–Kier alpha value is -1.86. The standard InChI is InChI=1S/C11H16.C10H14.C8H12S.2CH4/c1-9(2)10(3)11-7-5-4-6-8-11;1-9(2)8-10-6-4-3-5-7-10;1-7(2)5-8-3-4-9-6-8;;/h4-10H,1-3H3;3-7,9H,8H2,1-2H3;3-4,6-7H,5H2,1-2H3;2*1H4. The van der Waals surface area contributed by atoms with Gasteiger partial charge in [-0.15, -0.1) is 0 Å². The van der Waals surface area contributed by atoms with E-state index in [9.17, 15) is 0 Å². The molecule has 0 aliphatic carbocycles. The van der Waals surface area contributed by atoms with E-state index < -0.39 is 0 Å². The second-order valence-electron chi connectivity index (χ2n) is 9.26. The van der Waals surface area contributed by atoms with Crippen molar-refractivity contribution in [1.82, 2.24) is 0 Å². The Balaban J connectivity index is 0. The second-order valence-corrected chi connectivity index (χ2v) is 10.0. The quantitative estimate of drug-likeness (QED) is 0.347. The summed E-state index contributed by atoms with van der Waals surface area (Å²) in [7, 11) is 0. The Bertz CT molecular complexity index is 740. The van der Waals surface area contributed by atoms with Gasteiger partial charge in [-0.05, 0) is 70.0 Å². The SMILES string of the molecule is C.C.CC(C)C(C)c1ccccc1.CC(C)Cc1ccccc1.CC(C)Cc1ccsc1. The first kappa shape index (κ1) is 32.3. The predicted molar refractivity (Wildman–Crippen MR) is 151 cm³/mol. The molecule has 0 saturated heterocycles. The van der Waals surface area contributed by atoms with Crippen molar-refractivity contribution in [3.63, 3.8) is 0 Å². The molecule has 1 unspecified atom stereocenters. The van der Waals surface area contributed by atoms with Crippen LogP contribution in [-0.2, 0) is 12.8 Å². The molecule has 0 spiro atoms. The molecule has 180 valence electrons. The van der Waals surface area contributed by atoms with Gasteiger partial charge in [0.05, 0.1) is 0 Å². The molecule has 0 nitrogen and oxygen atoms in total. The predicted octanol–water partition coefficient (Wildman–Crippen LogP) is 10.5. The van der Waals surface area contributed by atoms with Gasteiger partial charge in [0.15, 0.2) is 0 Å². The highest BCUT2D eigenvalue weighted by Crippen LogP contribution is 2.22. The van der Waals surface area contributed by atoms with Crippen molar-refractivity contribution in [2.75, 3.05) is 0 Å². The van der Waals surface area contributed by atoms with Crippen LogP contribution < -0.4 is 0 Å². The third-order valence-corrected chi connectivity index (χ3v) is 5.77. The van der Waals surface area contributed by atoms with Gasteiger partial charge in [0.25, 0.3) is 0 Å². The third kappa shape index (κ3) is 15.0. The van der Waals surface area contributed by atoms with Crippen LogP contribution in [0, 0.1) is 17.8 Å². The fraction of sp³-hybridized carbons (Fsp3) is 0.484. The average Bonchev–Trinajstić information content (AvgIpc) is 3.21. The molecule has 0 N–H and O–H groups in total. The van der Waals surface area contributed by atoms with Gasteiger partial charge >= 0.3 is 0 Å². The highest BCUT2D eigenvalue weighted by atomic mass is 32.1. The summed E-state index contributed by atoms with van der Waals surface area (Å²) in [6.45, 7) is 15.8. The monoisotopic (exact) mass is 454 g/mol. The maximum atomic E-state index is 2.28. The molecule has 1 heterocycles. The van der Waals surface area contributed by atoms with Gasteiger partial charge in [-0.2, -0.15) is 11.3 Å². The van der Waals surface area contributed by atoms with Crippen LogP contribution in [0.15, 0.2) is 77.5 Å². The molecule has 2 aromatic carbocycles. The lowest BCUT2D eigenvalue weighted by molar-refractivity contribution is 0.535. The zero-order chi connectivity index (χ0) is 22.4. The largest absolute Gasteiger partial charge is 0.152 e. The van der Waals surface area contributed by atoms with Crippen LogP contribution in [0.1, 0.15) is 85.9 Å². The van der Waals surface area contributed by atoms with Crippen molar-refractivity contribution in [2.24, 2.45) is 17.8 Å². The first-order valence-electron chi connectivity index (χ1n) is 11.4. The Kier molecular flexibility index (Phi) is 18.9. The van der Waals surface area contributed by atoms with Crippen LogP contribution in [0.5, 0.6) is 0 Å². The first-order chi connectivity index (χ1) is 14.3. The Morgan fingerprint density at radius 2 is 1.06 bits per heavy atom. The smallest absolute Gasteiger partial charge is 0.00612 e. The van der Waals surface area contributed by atoms with Gasteiger partial charge in [-0.1, -0.05) is 124 Å². The lowest BCUT2D eigenvalue weighted by Crippen LogP contribution is -2.00. The fourth-order valence-electron chi connectivity index (χ4n) is 3.11. The zero-order valence-electron chi connectivity index (χ0n) is 20.1. The summed E-state index contributed by atoms with van der Waals surface area (Å²) >= 11 is 1.78. The molecule has 0 radical (unpaired) electrons. The maximum absolute atomic E-state index is 2.28. The van der Waals surface area contributed by atoms with E-state index in [1.165, 1.54) is 29.5 Å². The van der Waals surface area contributed by atoms with Crippen molar-refractivity contribution < 1.29 is 0 Å². The lowest BCUT2D eigenvalue weighted by Gasteiger charge is -2.15. The summed E-state index contributed by atoms with van der Waals surface area (Å²) < 4.78 is 0. The van der Waals surface area contributed by atoms with Crippen molar-refractivity contribution >= 4 is 11.3 Å². The molecule has 3 rings (SSSR count). The summed E-state index contributed by atoms with van der Waals surface area (Å²) in [5.74, 6) is 2.97. The van der Waals surface area contributed by atoms with Crippen molar-refractivity contribution in [1.29, 1.82) is 0 Å². The van der Waals surface area contributed by atoms with Crippen LogP contribution >= 0.6 is 11.3 Å². The molecule has 1 atom stereocenters. The second kappa shape index (κ2) is 18.7. The Labute approximate surface area is 205 Å². The minimum Gasteiger partial charge on any atom is -0.152 e. The van der Waals surface area contributed by atoms with E-state index in [1.54, 1.807) is 11.3 Å². The van der Waals surface area contributed by atoms with E-state index in [0.29, 0.717) is 5.92 Å². The summed E-state index contributed by atoms with van der Waals surface area (Å²) in [6.07, 6.45) is 2.42. The molecular weight excluding hydrogens is 404 g/mol. The van der Waals surface area contributed by atoms with Crippen molar-refractivity contribution in [3.05, 3.63) is 94.2 Å². The Morgan fingerprint density at radius 1 is 0.594 bits per heavy atom. The Morgan fingerprint density at radius 3 is 1.47 bits per heavy atom. The van der Waals surface area contributed by atoms with Crippen LogP contribution in [-0.4, -0.2) is 0 Å². The lowest BCUT2D eigenvalue weighted by atomic mass is 9.91. The zero-order valence-corrected chi connectivity index (χ0v) is 21.0. The van der Waals surface area contributed by atoms with E-state index in [0.717, 1.165) is 17.8 Å². The highest BCUT2D eigenvalue weighted by molar-refractivity contribution is 7.07. The van der Waals surface area contributed by atoms with E-state index >= 15 is 0 Å². The van der Waals surface area contributed by atoms with Gasteiger partial charge in [0.1, 0.15) is 0 Å². The van der Waals surface area contributed by atoms with Crippen molar-refractivity contribution in [2.45, 2.75) is 82.1 Å². The van der Waals surface area contributed by atoms with Gasteiger partial charge in [-0.25, -0.2) is 0 Å². The molecule has 0 saturated carbocycles. The van der Waals surface area contributed by atoms with Crippen LogP contribution in [0.2, 0.25) is 0 Å².